The van der Waals surface area contributed by atoms with E-state index >= 15 is 0 Å². The fourth-order valence-electron chi connectivity index (χ4n) is 2.69. The molecule has 1 aromatic heterocycles. The maximum absolute atomic E-state index is 12.4. The number of piperazine rings is 1. The number of benzene rings is 1. The second-order valence-corrected chi connectivity index (χ2v) is 6.65. The molecular formula is C17H20BrN3O2. The minimum absolute atomic E-state index is 0.0342. The van der Waals surface area contributed by atoms with Crippen LogP contribution in [0.1, 0.15) is 11.3 Å². The van der Waals surface area contributed by atoms with Gasteiger partial charge in [0.15, 0.2) is 0 Å². The van der Waals surface area contributed by atoms with Gasteiger partial charge in [-0.25, -0.2) is 4.79 Å². The molecule has 1 aliphatic rings. The summed E-state index contributed by atoms with van der Waals surface area (Å²) in [5, 5.41) is 3.00. The van der Waals surface area contributed by atoms with Gasteiger partial charge in [-0.3, -0.25) is 4.90 Å². The average Bonchev–Trinajstić information content (AvgIpc) is 3.04. The van der Waals surface area contributed by atoms with Crippen molar-refractivity contribution in [2.75, 3.05) is 31.5 Å². The molecule has 0 unspecified atom stereocenters. The van der Waals surface area contributed by atoms with E-state index in [0.717, 1.165) is 54.2 Å². The number of nitrogens with zero attached hydrogens (tertiary/aromatic N) is 2. The predicted molar refractivity (Wildman–Crippen MR) is 93.5 cm³/mol. The topological polar surface area (TPSA) is 48.7 Å². The van der Waals surface area contributed by atoms with E-state index in [1.807, 2.05) is 42.2 Å². The van der Waals surface area contributed by atoms with Crippen molar-refractivity contribution in [2.24, 2.45) is 0 Å². The number of urea groups is 1. The van der Waals surface area contributed by atoms with Crippen molar-refractivity contribution in [2.45, 2.75) is 13.5 Å². The number of hydrogen-bond donors (Lipinski definition) is 1. The van der Waals surface area contributed by atoms with Crippen LogP contribution in [-0.2, 0) is 6.54 Å². The Morgan fingerprint density at radius 2 is 2.04 bits per heavy atom. The van der Waals surface area contributed by atoms with Crippen LogP contribution >= 0.6 is 15.9 Å². The van der Waals surface area contributed by atoms with Crippen LogP contribution < -0.4 is 5.32 Å². The van der Waals surface area contributed by atoms with Gasteiger partial charge < -0.3 is 14.6 Å². The summed E-state index contributed by atoms with van der Waals surface area (Å²) in [5.74, 6) is 0.966. The van der Waals surface area contributed by atoms with Gasteiger partial charge in [-0.2, -0.15) is 0 Å². The van der Waals surface area contributed by atoms with Gasteiger partial charge in [0.2, 0.25) is 0 Å². The van der Waals surface area contributed by atoms with E-state index in [-0.39, 0.29) is 6.03 Å². The van der Waals surface area contributed by atoms with Crippen molar-refractivity contribution in [3.05, 3.63) is 52.4 Å². The summed E-state index contributed by atoms with van der Waals surface area (Å²) in [4.78, 5) is 16.6. The molecular weight excluding hydrogens is 358 g/mol. The number of carbonyl (C=O) groups is 1. The summed E-state index contributed by atoms with van der Waals surface area (Å²) in [5.41, 5.74) is 1.90. The largest absolute Gasteiger partial charge is 0.468 e. The molecule has 2 heterocycles. The smallest absolute Gasteiger partial charge is 0.321 e. The lowest BCUT2D eigenvalue weighted by atomic mass is 10.2. The van der Waals surface area contributed by atoms with Crippen molar-refractivity contribution in [1.82, 2.24) is 9.80 Å². The maximum atomic E-state index is 12.4. The first-order chi connectivity index (χ1) is 11.1. The SMILES string of the molecule is Cc1cc(Br)ccc1NC(=O)N1CCN(Cc2ccco2)CC1. The zero-order valence-corrected chi connectivity index (χ0v) is 14.7. The molecule has 0 spiro atoms. The van der Waals surface area contributed by atoms with E-state index in [0.29, 0.717) is 0 Å². The highest BCUT2D eigenvalue weighted by Gasteiger charge is 2.21. The minimum atomic E-state index is -0.0342. The number of amides is 2. The van der Waals surface area contributed by atoms with Crippen molar-refractivity contribution < 1.29 is 9.21 Å². The minimum Gasteiger partial charge on any atom is -0.468 e. The summed E-state index contributed by atoms with van der Waals surface area (Å²) in [7, 11) is 0. The summed E-state index contributed by atoms with van der Waals surface area (Å²) < 4.78 is 6.39. The first kappa shape index (κ1) is 16.1. The molecule has 3 rings (SSSR count). The van der Waals surface area contributed by atoms with Crippen molar-refractivity contribution >= 4 is 27.6 Å². The fourth-order valence-corrected chi connectivity index (χ4v) is 3.17. The molecule has 122 valence electrons. The fraction of sp³-hybridized carbons (Fsp3) is 0.353. The number of hydrogen-bond acceptors (Lipinski definition) is 3. The molecule has 1 aromatic carbocycles. The number of nitrogens with one attached hydrogen (secondary N) is 1. The number of carbonyl (C=O) groups excluding carboxylic acids is 1. The molecule has 0 saturated carbocycles. The lowest BCUT2D eigenvalue weighted by Crippen LogP contribution is -2.49. The van der Waals surface area contributed by atoms with Crippen LogP contribution in [-0.4, -0.2) is 42.0 Å². The number of furan rings is 1. The van der Waals surface area contributed by atoms with Gasteiger partial charge in [-0.15, -0.1) is 0 Å². The highest BCUT2D eigenvalue weighted by atomic mass is 79.9. The van der Waals surface area contributed by atoms with E-state index in [1.54, 1.807) is 6.26 Å². The molecule has 1 saturated heterocycles. The van der Waals surface area contributed by atoms with Crippen LogP contribution in [0.15, 0.2) is 45.5 Å². The van der Waals surface area contributed by atoms with Crippen LogP contribution in [0.25, 0.3) is 0 Å². The van der Waals surface area contributed by atoms with Gasteiger partial charge in [0.1, 0.15) is 5.76 Å². The summed E-state index contributed by atoms with van der Waals surface area (Å²) in [6.07, 6.45) is 1.69. The third-order valence-electron chi connectivity index (χ3n) is 4.05. The van der Waals surface area contributed by atoms with Crippen LogP contribution in [0.5, 0.6) is 0 Å². The Kier molecular flexibility index (Phi) is 5.03. The molecule has 1 fully saturated rings. The zero-order valence-electron chi connectivity index (χ0n) is 13.1. The Bertz CT molecular complexity index is 664. The molecule has 1 N–H and O–H groups in total. The second-order valence-electron chi connectivity index (χ2n) is 5.73. The van der Waals surface area contributed by atoms with Gasteiger partial charge in [0.25, 0.3) is 0 Å². The molecule has 0 bridgehead atoms. The second kappa shape index (κ2) is 7.19. The summed E-state index contributed by atoms with van der Waals surface area (Å²) in [6.45, 7) is 5.95. The molecule has 0 atom stereocenters. The highest BCUT2D eigenvalue weighted by molar-refractivity contribution is 9.10. The van der Waals surface area contributed by atoms with Crippen LogP contribution in [0.2, 0.25) is 0 Å². The van der Waals surface area contributed by atoms with Crippen molar-refractivity contribution in [3.8, 4) is 0 Å². The average molecular weight is 378 g/mol. The zero-order chi connectivity index (χ0) is 16.2. The highest BCUT2D eigenvalue weighted by Crippen LogP contribution is 2.20. The maximum Gasteiger partial charge on any atom is 0.321 e. The molecule has 2 aromatic rings. The molecule has 5 nitrogen and oxygen atoms in total. The summed E-state index contributed by atoms with van der Waals surface area (Å²) >= 11 is 3.43. The van der Waals surface area contributed by atoms with Crippen molar-refractivity contribution in [1.29, 1.82) is 0 Å². The van der Waals surface area contributed by atoms with Gasteiger partial charge >= 0.3 is 6.03 Å². The molecule has 2 amide bonds. The third-order valence-corrected chi connectivity index (χ3v) is 4.54. The first-order valence-corrected chi connectivity index (χ1v) is 8.48. The molecule has 6 heteroatoms. The van der Waals surface area contributed by atoms with Gasteiger partial charge in [-0.05, 0) is 42.8 Å². The first-order valence-electron chi connectivity index (χ1n) is 7.68. The normalized spacial score (nSPS) is 15.7. The number of aryl methyl sites for hydroxylation is 1. The quantitative estimate of drug-likeness (QED) is 0.886. The lowest BCUT2D eigenvalue weighted by Gasteiger charge is -2.34. The standard InChI is InChI=1S/C17H20BrN3O2/c1-13-11-14(18)4-5-16(13)19-17(22)21-8-6-20(7-9-21)12-15-3-2-10-23-15/h2-5,10-11H,6-9,12H2,1H3,(H,19,22). The molecule has 0 aliphatic carbocycles. The Morgan fingerprint density at radius 3 is 2.70 bits per heavy atom. The Morgan fingerprint density at radius 1 is 1.26 bits per heavy atom. The number of halogens is 1. The van der Waals surface area contributed by atoms with E-state index < -0.39 is 0 Å². The number of anilines is 1. The predicted octanol–water partition coefficient (Wildman–Crippen LogP) is 3.70. The van der Waals surface area contributed by atoms with E-state index in [2.05, 4.69) is 26.1 Å². The van der Waals surface area contributed by atoms with E-state index in [4.69, 9.17) is 4.42 Å². The van der Waals surface area contributed by atoms with Gasteiger partial charge in [0, 0.05) is 36.3 Å². The molecule has 1 aliphatic heterocycles. The van der Waals surface area contributed by atoms with Crippen LogP contribution in [0.3, 0.4) is 0 Å². The van der Waals surface area contributed by atoms with E-state index in [1.165, 1.54) is 0 Å². The Labute approximate surface area is 144 Å². The van der Waals surface area contributed by atoms with Crippen molar-refractivity contribution in [3.63, 3.8) is 0 Å². The van der Waals surface area contributed by atoms with Crippen LogP contribution in [0, 0.1) is 6.92 Å². The number of rotatable bonds is 3. The van der Waals surface area contributed by atoms with E-state index in [9.17, 15) is 4.79 Å². The van der Waals surface area contributed by atoms with Gasteiger partial charge in [-0.1, -0.05) is 15.9 Å². The molecule has 0 radical (unpaired) electrons. The van der Waals surface area contributed by atoms with Crippen LogP contribution in [0.4, 0.5) is 10.5 Å². The lowest BCUT2D eigenvalue weighted by molar-refractivity contribution is 0.137. The molecule has 23 heavy (non-hydrogen) atoms. The van der Waals surface area contributed by atoms with Gasteiger partial charge in [0.05, 0.1) is 12.8 Å². The Balaban J connectivity index is 1.51. The Hall–Kier alpha value is -1.79. The summed E-state index contributed by atoms with van der Waals surface area (Å²) in [6, 6.07) is 9.70. The third kappa shape index (κ3) is 4.14. The monoisotopic (exact) mass is 377 g/mol.